The number of hydrogen-bond donors (Lipinski definition) is 0. The minimum Gasteiger partial charge on any atom is -0.472 e. The number of rotatable bonds is 4. The van der Waals surface area contributed by atoms with Gasteiger partial charge in [-0.15, -0.1) is 0 Å². The first-order valence-electron chi connectivity index (χ1n) is 9.05. The number of aryl methyl sites for hydroxylation is 1. The number of likely N-dealkylation sites (tertiary alicyclic amines) is 1. The highest BCUT2D eigenvalue weighted by Crippen LogP contribution is 2.40. The first-order chi connectivity index (χ1) is 13.1. The van der Waals surface area contributed by atoms with Crippen LogP contribution in [0.2, 0.25) is 0 Å². The molecular formula is C19H20N6O2. The molecule has 1 amide bonds. The molecule has 1 aliphatic carbocycles. The van der Waals surface area contributed by atoms with Crippen molar-refractivity contribution in [3.8, 4) is 17.1 Å². The standard InChI is InChI=1S/C19H20N6O2/c1-3-18(26)24-10-12-6-14(24)7-17(12)27-19-16-4-5-20-25(16)11-15(22-19)13-8-21-23(2)9-13/h3-5,8-9,11-12,14,17H,1,6-7,10H2,2H3/t12-,14-,17+/m1/s1. The molecule has 0 spiro atoms. The van der Waals surface area contributed by atoms with E-state index in [0.717, 1.165) is 36.2 Å². The molecule has 2 fully saturated rings. The summed E-state index contributed by atoms with van der Waals surface area (Å²) in [6.45, 7) is 4.32. The monoisotopic (exact) mass is 364 g/mol. The van der Waals surface area contributed by atoms with Crippen LogP contribution in [-0.4, -0.2) is 53.9 Å². The number of hydrogen-bond acceptors (Lipinski definition) is 5. The van der Waals surface area contributed by atoms with E-state index < -0.39 is 0 Å². The maximum Gasteiger partial charge on any atom is 0.246 e. The van der Waals surface area contributed by atoms with E-state index in [1.165, 1.54) is 6.08 Å². The molecule has 0 radical (unpaired) electrons. The van der Waals surface area contributed by atoms with Crippen LogP contribution in [0.5, 0.6) is 5.88 Å². The van der Waals surface area contributed by atoms with Crippen molar-refractivity contribution in [1.29, 1.82) is 0 Å². The van der Waals surface area contributed by atoms with E-state index in [9.17, 15) is 4.79 Å². The quantitative estimate of drug-likeness (QED) is 0.659. The van der Waals surface area contributed by atoms with Gasteiger partial charge in [-0.25, -0.2) is 9.50 Å². The van der Waals surface area contributed by atoms with Gasteiger partial charge in [-0.2, -0.15) is 10.2 Å². The normalized spacial score (nSPS) is 23.9. The number of nitrogens with zero attached hydrogens (tertiary/aromatic N) is 6. The minimum atomic E-state index is 0.0100. The van der Waals surface area contributed by atoms with Crippen molar-refractivity contribution in [2.24, 2.45) is 13.0 Å². The molecular weight excluding hydrogens is 344 g/mol. The number of fused-ring (bicyclic) bond motifs is 3. The van der Waals surface area contributed by atoms with E-state index in [1.807, 2.05) is 30.4 Å². The molecule has 138 valence electrons. The summed E-state index contributed by atoms with van der Waals surface area (Å²) >= 11 is 0. The van der Waals surface area contributed by atoms with Crippen LogP contribution in [-0.2, 0) is 11.8 Å². The Kier molecular flexibility index (Phi) is 3.53. The highest BCUT2D eigenvalue weighted by molar-refractivity contribution is 5.87. The lowest BCUT2D eigenvalue weighted by molar-refractivity contribution is -0.128. The van der Waals surface area contributed by atoms with Crippen LogP contribution in [0.25, 0.3) is 16.8 Å². The van der Waals surface area contributed by atoms with E-state index in [2.05, 4.69) is 16.8 Å². The Morgan fingerprint density at radius 2 is 2.22 bits per heavy atom. The topological polar surface area (TPSA) is 77.6 Å². The van der Waals surface area contributed by atoms with E-state index >= 15 is 0 Å². The Balaban J connectivity index is 1.44. The molecule has 1 saturated carbocycles. The lowest BCUT2D eigenvalue weighted by Gasteiger charge is -2.31. The van der Waals surface area contributed by atoms with Crippen molar-refractivity contribution in [2.45, 2.75) is 25.0 Å². The molecule has 3 aromatic heterocycles. The van der Waals surface area contributed by atoms with Crippen molar-refractivity contribution >= 4 is 11.4 Å². The van der Waals surface area contributed by atoms with Gasteiger partial charge < -0.3 is 9.64 Å². The van der Waals surface area contributed by atoms with E-state index in [4.69, 9.17) is 9.72 Å². The van der Waals surface area contributed by atoms with Gasteiger partial charge in [0.1, 0.15) is 11.6 Å². The SMILES string of the molecule is C=CC(=O)N1C[C@H]2C[C@@H]1C[C@@H]2Oc1nc(-c2cnn(C)c2)cn2nccc12. The van der Waals surface area contributed by atoms with E-state index in [-0.39, 0.29) is 18.1 Å². The summed E-state index contributed by atoms with van der Waals surface area (Å²) in [7, 11) is 1.87. The third-order valence-electron chi connectivity index (χ3n) is 5.55. The minimum absolute atomic E-state index is 0.0100. The summed E-state index contributed by atoms with van der Waals surface area (Å²) < 4.78 is 9.87. The van der Waals surface area contributed by atoms with Crippen molar-refractivity contribution in [3.05, 3.63) is 43.5 Å². The zero-order chi connectivity index (χ0) is 18.5. The first kappa shape index (κ1) is 16.0. The molecule has 0 N–H and O–H groups in total. The highest BCUT2D eigenvalue weighted by atomic mass is 16.5. The summed E-state index contributed by atoms with van der Waals surface area (Å²) in [6.07, 6.45) is 10.6. The Bertz CT molecular complexity index is 1040. The van der Waals surface area contributed by atoms with Crippen molar-refractivity contribution in [3.63, 3.8) is 0 Å². The summed E-state index contributed by atoms with van der Waals surface area (Å²) in [5.74, 6) is 0.912. The number of carbonyl (C=O) groups excluding carboxylic acids is 1. The molecule has 4 heterocycles. The molecule has 5 rings (SSSR count). The van der Waals surface area contributed by atoms with Crippen LogP contribution in [0.15, 0.2) is 43.5 Å². The van der Waals surface area contributed by atoms with Crippen LogP contribution >= 0.6 is 0 Å². The zero-order valence-corrected chi connectivity index (χ0v) is 15.0. The second-order valence-corrected chi connectivity index (χ2v) is 7.23. The number of carbonyl (C=O) groups is 1. The molecule has 0 unspecified atom stereocenters. The molecule has 0 aromatic carbocycles. The summed E-state index contributed by atoms with van der Waals surface area (Å²) in [5.41, 5.74) is 2.51. The molecule has 8 nitrogen and oxygen atoms in total. The van der Waals surface area contributed by atoms with Gasteiger partial charge in [-0.05, 0) is 18.6 Å². The molecule has 3 aromatic rings. The second-order valence-electron chi connectivity index (χ2n) is 7.23. The number of ether oxygens (including phenoxy) is 1. The summed E-state index contributed by atoms with van der Waals surface area (Å²) in [4.78, 5) is 18.6. The predicted molar refractivity (Wildman–Crippen MR) is 98.0 cm³/mol. The van der Waals surface area contributed by atoms with Gasteiger partial charge in [0.25, 0.3) is 0 Å². The molecule has 8 heteroatoms. The highest BCUT2D eigenvalue weighted by Gasteiger charge is 2.47. The number of piperidine rings is 1. The van der Waals surface area contributed by atoms with Gasteiger partial charge in [0.05, 0.1) is 24.3 Å². The molecule has 27 heavy (non-hydrogen) atoms. The third kappa shape index (κ3) is 2.59. The molecule has 1 saturated heterocycles. The maximum absolute atomic E-state index is 11.9. The lowest BCUT2D eigenvalue weighted by atomic mass is 10.1. The molecule has 2 bridgehead atoms. The maximum atomic E-state index is 11.9. The Morgan fingerprint density at radius 3 is 2.93 bits per heavy atom. The average Bonchev–Trinajstić information content (AvgIpc) is 3.44. The van der Waals surface area contributed by atoms with E-state index in [0.29, 0.717) is 11.8 Å². The summed E-state index contributed by atoms with van der Waals surface area (Å²) in [5, 5.41) is 8.57. The van der Waals surface area contributed by atoms with Crippen molar-refractivity contribution in [1.82, 2.24) is 29.3 Å². The molecule has 3 atom stereocenters. The van der Waals surface area contributed by atoms with Gasteiger partial charge in [0.15, 0.2) is 0 Å². The zero-order valence-electron chi connectivity index (χ0n) is 15.0. The van der Waals surface area contributed by atoms with Crippen LogP contribution in [0.3, 0.4) is 0 Å². The number of amides is 1. The van der Waals surface area contributed by atoms with Gasteiger partial charge in [-0.1, -0.05) is 6.58 Å². The molecule has 1 aliphatic heterocycles. The Morgan fingerprint density at radius 1 is 1.33 bits per heavy atom. The van der Waals surface area contributed by atoms with Gasteiger partial charge >= 0.3 is 0 Å². The first-order valence-corrected chi connectivity index (χ1v) is 9.05. The fraction of sp³-hybridized carbons (Fsp3) is 0.368. The Labute approximate surface area is 156 Å². The van der Waals surface area contributed by atoms with E-state index in [1.54, 1.807) is 21.6 Å². The largest absolute Gasteiger partial charge is 0.472 e. The second kappa shape index (κ2) is 5.94. The van der Waals surface area contributed by atoms with Gasteiger partial charge in [0.2, 0.25) is 11.8 Å². The lowest BCUT2D eigenvalue weighted by Crippen LogP contribution is -2.42. The fourth-order valence-corrected chi connectivity index (χ4v) is 4.26. The third-order valence-corrected chi connectivity index (χ3v) is 5.55. The van der Waals surface area contributed by atoms with Crippen LogP contribution in [0.1, 0.15) is 12.8 Å². The Hall–Kier alpha value is -3.16. The van der Waals surface area contributed by atoms with Crippen molar-refractivity contribution in [2.75, 3.05) is 6.54 Å². The average molecular weight is 364 g/mol. The van der Waals surface area contributed by atoms with Gasteiger partial charge in [-0.3, -0.25) is 9.48 Å². The van der Waals surface area contributed by atoms with Crippen LogP contribution in [0, 0.1) is 5.92 Å². The predicted octanol–water partition coefficient (Wildman–Crippen LogP) is 1.68. The number of aromatic nitrogens is 5. The summed E-state index contributed by atoms with van der Waals surface area (Å²) in [6, 6.07) is 2.13. The van der Waals surface area contributed by atoms with Crippen molar-refractivity contribution < 1.29 is 9.53 Å². The van der Waals surface area contributed by atoms with Gasteiger partial charge in [0, 0.05) is 43.7 Å². The fourth-order valence-electron chi connectivity index (χ4n) is 4.26. The smallest absolute Gasteiger partial charge is 0.246 e. The van der Waals surface area contributed by atoms with Crippen LogP contribution < -0.4 is 4.74 Å². The molecule has 2 aliphatic rings. The van der Waals surface area contributed by atoms with Crippen LogP contribution in [0.4, 0.5) is 0 Å².